The van der Waals surface area contributed by atoms with Crippen LogP contribution in [0.1, 0.15) is 23.2 Å². The van der Waals surface area contributed by atoms with Crippen LogP contribution >= 0.6 is 15.9 Å². The molecule has 0 saturated heterocycles. The maximum absolute atomic E-state index is 12.0. The van der Waals surface area contributed by atoms with E-state index in [1.165, 1.54) is 0 Å². The average Bonchev–Trinajstić information content (AvgIpc) is 2.89. The lowest BCUT2D eigenvalue weighted by molar-refractivity contribution is -0.104. The van der Waals surface area contributed by atoms with E-state index in [-0.39, 0.29) is 11.8 Å². The summed E-state index contributed by atoms with van der Waals surface area (Å²) in [6, 6.07) is 1.82. The predicted octanol–water partition coefficient (Wildman–Crippen LogP) is 2.51. The number of aldehydes is 1. The summed E-state index contributed by atoms with van der Waals surface area (Å²) in [6.07, 6.45) is 0.904. The number of benzene rings is 1. The number of ketones is 1. The Labute approximate surface area is 137 Å². The summed E-state index contributed by atoms with van der Waals surface area (Å²) in [4.78, 5) is 29.3. The first-order chi connectivity index (χ1) is 10.5. The fourth-order valence-electron chi connectivity index (χ4n) is 2.06. The van der Waals surface area contributed by atoms with E-state index in [0.717, 1.165) is 12.2 Å². The number of Topliss-reactive ketones (excluding diaryl/α,β-unsaturated/α-hetero) is 1. The van der Waals surface area contributed by atoms with Gasteiger partial charge in [0.15, 0.2) is 17.8 Å². The molecule has 2 rings (SSSR count). The Morgan fingerprint density at radius 1 is 1.50 bits per heavy atom. The Hall–Kier alpha value is -1.73. The SMILES string of the molecule is CCc1nc2cc(NCCN(C)C)c(Br)c(C(=O)C=O)c2o1. The van der Waals surface area contributed by atoms with Crippen molar-refractivity contribution in [3.8, 4) is 0 Å². The van der Waals surface area contributed by atoms with Gasteiger partial charge in [0.2, 0.25) is 5.78 Å². The summed E-state index contributed by atoms with van der Waals surface area (Å²) in [5.41, 5.74) is 1.85. The molecule has 7 heteroatoms. The number of anilines is 1. The third kappa shape index (κ3) is 3.36. The quantitative estimate of drug-likeness (QED) is 0.460. The summed E-state index contributed by atoms with van der Waals surface area (Å²) >= 11 is 3.40. The van der Waals surface area contributed by atoms with Crippen molar-refractivity contribution >= 4 is 44.8 Å². The van der Waals surface area contributed by atoms with Crippen molar-refractivity contribution in [1.82, 2.24) is 9.88 Å². The maximum Gasteiger partial charge on any atom is 0.230 e. The minimum Gasteiger partial charge on any atom is -0.440 e. The van der Waals surface area contributed by atoms with E-state index in [2.05, 4.69) is 26.2 Å². The minimum absolute atomic E-state index is 0.215. The first kappa shape index (κ1) is 16.6. The number of hydrogen-bond donors (Lipinski definition) is 1. The molecule has 0 aliphatic heterocycles. The van der Waals surface area contributed by atoms with E-state index in [1.807, 2.05) is 32.0 Å². The van der Waals surface area contributed by atoms with E-state index in [4.69, 9.17) is 4.42 Å². The zero-order valence-corrected chi connectivity index (χ0v) is 14.4. The second kappa shape index (κ2) is 7.02. The van der Waals surface area contributed by atoms with E-state index >= 15 is 0 Å². The average molecular weight is 368 g/mol. The minimum atomic E-state index is -0.632. The molecule has 1 aromatic heterocycles. The molecule has 1 heterocycles. The van der Waals surface area contributed by atoms with Crippen LogP contribution in [-0.4, -0.2) is 49.1 Å². The molecule has 0 radical (unpaired) electrons. The fourth-order valence-corrected chi connectivity index (χ4v) is 2.69. The molecule has 0 aliphatic carbocycles. The number of hydrogen-bond acceptors (Lipinski definition) is 6. The summed E-state index contributed by atoms with van der Waals surface area (Å²) in [5, 5.41) is 3.24. The van der Waals surface area contributed by atoms with E-state index in [9.17, 15) is 9.59 Å². The van der Waals surface area contributed by atoms with E-state index in [0.29, 0.717) is 34.4 Å². The highest BCUT2D eigenvalue weighted by Gasteiger charge is 2.21. The van der Waals surface area contributed by atoms with Crippen LogP contribution < -0.4 is 5.32 Å². The number of halogens is 1. The largest absolute Gasteiger partial charge is 0.440 e. The Morgan fingerprint density at radius 2 is 2.23 bits per heavy atom. The number of carbonyl (C=O) groups excluding carboxylic acids is 2. The lowest BCUT2D eigenvalue weighted by Gasteiger charge is -2.13. The van der Waals surface area contributed by atoms with Crippen LogP contribution in [-0.2, 0) is 11.2 Å². The molecular formula is C15H18BrN3O3. The number of nitrogens with one attached hydrogen (secondary N) is 1. The van der Waals surface area contributed by atoms with Crippen LogP contribution in [0, 0.1) is 0 Å². The van der Waals surface area contributed by atoms with Crippen LogP contribution in [0.15, 0.2) is 15.0 Å². The van der Waals surface area contributed by atoms with Gasteiger partial charge in [0.05, 0.1) is 15.7 Å². The Bertz CT molecular complexity index is 710. The van der Waals surface area contributed by atoms with Crippen molar-refractivity contribution in [2.24, 2.45) is 0 Å². The van der Waals surface area contributed by atoms with E-state index < -0.39 is 5.78 Å². The summed E-state index contributed by atoms with van der Waals surface area (Å²) < 4.78 is 6.12. The van der Waals surface area contributed by atoms with Gasteiger partial charge in [-0.3, -0.25) is 9.59 Å². The van der Waals surface area contributed by atoms with Gasteiger partial charge >= 0.3 is 0 Å². The van der Waals surface area contributed by atoms with Gasteiger partial charge in [-0.2, -0.15) is 0 Å². The predicted molar refractivity (Wildman–Crippen MR) is 88.5 cm³/mol. The lowest BCUT2D eigenvalue weighted by Crippen LogP contribution is -2.21. The first-order valence-corrected chi connectivity index (χ1v) is 7.77. The van der Waals surface area contributed by atoms with Gasteiger partial charge in [0.25, 0.3) is 0 Å². The first-order valence-electron chi connectivity index (χ1n) is 6.98. The smallest absolute Gasteiger partial charge is 0.230 e. The molecule has 0 atom stereocenters. The van der Waals surface area contributed by atoms with Crippen LogP contribution in [0.3, 0.4) is 0 Å². The van der Waals surface area contributed by atoms with Gasteiger partial charge in [-0.25, -0.2) is 4.98 Å². The molecule has 22 heavy (non-hydrogen) atoms. The van der Waals surface area contributed by atoms with Crippen LogP contribution in [0.4, 0.5) is 5.69 Å². The van der Waals surface area contributed by atoms with Gasteiger partial charge in [0.1, 0.15) is 5.52 Å². The van der Waals surface area contributed by atoms with Crippen LogP contribution in [0.25, 0.3) is 11.1 Å². The molecule has 0 bridgehead atoms. The number of fused-ring (bicyclic) bond motifs is 1. The van der Waals surface area contributed by atoms with Crippen LogP contribution in [0.2, 0.25) is 0 Å². The molecule has 1 N–H and O–H groups in total. The second-order valence-corrected chi connectivity index (χ2v) is 5.93. The molecule has 118 valence electrons. The molecule has 0 amide bonds. The molecule has 0 spiro atoms. The Morgan fingerprint density at radius 3 is 2.82 bits per heavy atom. The lowest BCUT2D eigenvalue weighted by atomic mass is 10.1. The third-order valence-corrected chi connectivity index (χ3v) is 4.02. The zero-order valence-electron chi connectivity index (χ0n) is 12.8. The molecule has 0 unspecified atom stereocenters. The topological polar surface area (TPSA) is 75.4 Å². The van der Waals surface area contributed by atoms with Crippen molar-refractivity contribution < 1.29 is 14.0 Å². The van der Waals surface area contributed by atoms with Gasteiger partial charge < -0.3 is 14.6 Å². The van der Waals surface area contributed by atoms with Gasteiger partial charge in [0, 0.05) is 19.5 Å². The fraction of sp³-hybridized carbons (Fsp3) is 0.400. The number of nitrogens with zero attached hydrogens (tertiary/aromatic N) is 2. The monoisotopic (exact) mass is 367 g/mol. The molecule has 0 saturated carbocycles. The van der Waals surface area contributed by atoms with Crippen molar-refractivity contribution in [3.63, 3.8) is 0 Å². The molecule has 6 nitrogen and oxygen atoms in total. The van der Waals surface area contributed by atoms with Crippen LogP contribution in [0.5, 0.6) is 0 Å². The number of carbonyl (C=O) groups is 2. The van der Waals surface area contributed by atoms with Crippen molar-refractivity contribution in [2.45, 2.75) is 13.3 Å². The molecular weight excluding hydrogens is 350 g/mol. The van der Waals surface area contributed by atoms with E-state index in [1.54, 1.807) is 0 Å². The summed E-state index contributed by atoms with van der Waals surface area (Å²) in [6.45, 7) is 3.45. The molecule has 0 aliphatic rings. The highest BCUT2D eigenvalue weighted by Crippen LogP contribution is 2.34. The van der Waals surface area contributed by atoms with Crippen molar-refractivity contribution in [1.29, 1.82) is 0 Å². The highest BCUT2D eigenvalue weighted by atomic mass is 79.9. The maximum atomic E-state index is 12.0. The number of oxazole rings is 1. The number of likely N-dealkylation sites (N-methyl/N-ethyl adjacent to an activating group) is 1. The number of aryl methyl sites for hydroxylation is 1. The summed E-state index contributed by atoms with van der Waals surface area (Å²) in [7, 11) is 3.96. The van der Waals surface area contributed by atoms with Gasteiger partial charge in [-0.15, -0.1) is 0 Å². The van der Waals surface area contributed by atoms with Crippen molar-refractivity contribution in [3.05, 3.63) is 22.0 Å². The van der Waals surface area contributed by atoms with Crippen molar-refractivity contribution in [2.75, 3.05) is 32.5 Å². The third-order valence-electron chi connectivity index (χ3n) is 3.19. The molecule has 2 aromatic rings. The van der Waals surface area contributed by atoms with Gasteiger partial charge in [-0.1, -0.05) is 6.92 Å². The zero-order chi connectivity index (χ0) is 16.3. The summed E-state index contributed by atoms with van der Waals surface area (Å²) in [5.74, 6) is -0.0979. The second-order valence-electron chi connectivity index (χ2n) is 5.13. The number of rotatable bonds is 7. The Kier molecular flexibility index (Phi) is 5.31. The molecule has 1 aromatic carbocycles. The molecule has 0 fully saturated rings. The normalized spacial score (nSPS) is 11.1. The standard InChI is InChI=1S/C15H18BrN3O3/c1-4-12-18-10-7-9(17-5-6-19(2)3)14(16)13(11(21)8-20)15(10)22-12/h7-8,17H,4-6H2,1-3H3. The number of aromatic nitrogens is 1. The highest BCUT2D eigenvalue weighted by molar-refractivity contribution is 9.10. The Balaban J connectivity index is 2.50. The van der Waals surface area contributed by atoms with Gasteiger partial charge in [-0.05, 0) is 36.1 Å².